The van der Waals surface area contributed by atoms with E-state index in [-0.39, 0.29) is 48.0 Å². The first-order chi connectivity index (χ1) is 3.93. The second-order valence-electron chi connectivity index (χ2n) is 1.67. The summed E-state index contributed by atoms with van der Waals surface area (Å²) in [4.78, 5) is 0. The summed E-state index contributed by atoms with van der Waals surface area (Å²) < 4.78 is 2.92. The molecular formula is C7H8Cl2Zr. The molecule has 10 heavy (non-hydrogen) atoms. The Morgan fingerprint density at radius 1 is 1.20 bits per heavy atom. The molecule has 0 unspecified atom stereocenters. The van der Waals surface area contributed by atoms with E-state index in [1.54, 1.807) is 0 Å². The van der Waals surface area contributed by atoms with Crippen LogP contribution in [0.15, 0.2) is 34.7 Å². The largest absolute Gasteiger partial charge is 1.00 e. The molecule has 0 aromatic heterocycles. The number of halogens is 2. The molecule has 0 radical (unpaired) electrons. The maximum atomic E-state index is 3.73. The van der Waals surface area contributed by atoms with Crippen LogP contribution in [0.4, 0.5) is 0 Å². The van der Waals surface area contributed by atoms with Crippen molar-refractivity contribution in [2.75, 3.05) is 0 Å². The predicted octanol–water partition coefficient (Wildman–Crippen LogP) is -3.87. The second kappa shape index (κ2) is 7.79. The number of hydrogen-bond acceptors (Lipinski definition) is 0. The quantitative estimate of drug-likeness (QED) is 0.473. The van der Waals surface area contributed by atoms with E-state index in [2.05, 4.69) is 34.7 Å². The van der Waals surface area contributed by atoms with E-state index in [1.807, 2.05) is 0 Å². The number of rotatable bonds is 2. The van der Waals surface area contributed by atoms with Gasteiger partial charge in [-0.2, -0.15) is 0 Å². The molecule has 0 N–H and O–H groups in total. The monoisotopic (exact) mass is 252 g/mol. The van der Waals surface area contributed by atoms with Gasteiger partial charge in [0, 0.05) is 0 Å². The Kier molecular flexibility index (Phi) is 10.3. The summed E-state index contributed by atoms with van der Waals surface area (Å²) in [5.41, 5.74) is 0. The van der Waals surface area contributed by atoms with Crippen molar-refractivity contribution in [1.29, 1.82) is 0 Å². The summed E-state index contributed by atoms with van der Waals surface area (Å²) in [6.07, 6.45) is 8.76. The first kappa shape index (κ1) is 13.3. The van der Waals surface area contributed by atoms with Gasteiger partial charge in [0.05, 0.1) is 0 Å². The summed E-state index contributed by atoms with van der Waals surface area (Å²) in [6.45, 7) is 3.73. The molecule has 54 valence electrons. The molecule has 0 amide bonds. The molecule has 0 bridgehead atoms. The van der Waals surface area contributed by atoms with Crippen molar-refractivity contribution in [2.45, 2.75) is 3.63 Å². The summed E-state index contributed by atoms with van der Waals surface area (Å²) in [5, 5.41) is 0. The van der Waals surface area contributed by atoms with Crippen molar-refractivity contribution in [3.63, 3.8) is 0 Å². The van der Waals surface area contributed by atoms with Crippen molar-refractivity contribution in [3.05, 3.63) is 34.7 Å². The average molecular weight is 254 g/mol. The molecule has 0 aromatic rings. The van der Waals surface area contributed by atoms with Gasteiger partial charge in [-0.1, -0.05) is 0 Å². The van der Waals surface area contributed by atoms with E-state index in [0.29, 0.717) is 0 Å². The van der Waals surface area contributed by atoms with E-state index in [4.69, 9.17) is 0 Å². The minimum atomic E-state index is -0.255. The van der Waals surface area contributed by atoms with Gasteiger partial charge >= 0.3 is 61.5 Å². The molecule has 0 saturated carbocycles. The van der Waals surface area contributed by atoms with E-state index in [1.165, 1.54) is 0 Å². The standard InChI is InChI=1S/C5H5.C2H3.2ClH.Zr/c1-2-4-5-3-1;1-2;;;/h1-5H;1H,2H2;2*1H;/q;;;;+2/p-2. The molecule has 0 saturated heterocycles. The Balaban J connectivity index is 0. The molecule has 0 heterocycles. The molecule has 1 aliphatic rings. The van der Waals surface area contributed by atoms with Crippen LogP contribution in [-0.4, -0.2) is 0 Å². The van der Waals surface area contributed by atoms with E-state index >= 15 is 0 Å². The van der Waals surface area contributed by atoms with Crippen LogP contribution in [0.1, 0.15) is 0 Å². The fraction of sp³-hybridized carbons (Fsp3) is 0.143. The van der Waals surface area contributed by atoms with Crippen LogP contribution >= 0.6 is 0 Å². The van der Waals surface area contributed by atoms with Gasteiger partial charge in [0.15, 0.2) is 0 Å². The van der Waals surface area contributed by atoms with Crippen LogP contribution in [0.5, 0.6) is 0 Å². The third-order valence-electron chi connectivity index (χ3n) is 1.06. The third-order valence-corrected chi connectivity index (χ3v) is 3.53. The van der Waals surface area contributed by atoms with Crippen LogP contribution in [-0.2, 0) is 23.2 Å². The van der Waals surface area contributed by atoms with Crippen molar-refractivity contribution < 1.29 is 48.0 Å². The Labute approximate surface area is 85.9 Å². The van der Waals surface area contributed by atoms with Gasteiger partial charge in [0.1, 0.15) is 0 Å². The van der Waals surface area contributed by atoms with Crippen LogP contribution in [0.3, 0.4) is 0 Å². The molecule has 0 aromatic carbocycles. The third kappa shape index (κ3) is 4.49. The molecule has 0 spiro atoms. The summed E-state index contributed by atoms with van der Waals surface area (Å²) in [6, 6.07) is 0. The SMILES string of the molecule is C=[CH][Zr+2][CH]1C=CC=C1.[Cl-].[Cl-]. The van der Waals surface area contributed by atoms with E-state index in [0.717, 1.165) is 3.63 Å². The fourth-order valence-electron chi connectivity index (χ4n) is 0.679. The topological polar surface area (TPSA) is 0 Å². The first-order valence-corrected chi connectivity index (χ1v) is 5.49. The molecule has 0 atom stereocenters. The smallest absolute Gasteiger partial charge is 1.00 e. The van der Waals surface area contributed by atoms with Gasteiger partial charge in [-0.05, 0) is 0 Å². The first-order valence-electron chi connectivity index (χ1n) is 2.65. The number of allylic oxidation sites excluding steroid dienone is 4. The molecule has 0 aliphatic heterocycles. The molecule has 1 aliphatic carbocycles. The summed E-state index contributed by atoms with van der Waals surface area (Å²) in [5.74, 6) is 0. The minimum Gasteiger partial charge on any atom is -1.00 e. The maximum Gasteiger partial charge on any atom is -1.00 e. The molecular weight excluding hydrogens is 246 g/mol. The molecule has 0 fully saturated rings. The van der Waals surface area contributed by atoms with Crippen molar-refractivity contribution in [2.24, 2.45) is 0 Å². The van der Waals surface area contributed by atoms with Crippen LogP contribution in [0, 0.1) is 0 Å². The van der Waals surface area contributed by atoms with Crippen molar-refractivity contribution in [1.82, 2.24) is 0 Å². The van der Waals surface area contributed by atoms with E-state index in [9.17, 15) is 0 Å². The number of hydrogen-bond donors (Lipinski definition) is 0. The van der Waals surface area contributed by atoms with Crippen molar-refractivity contribution >= 4 is 0 Å². The van der Waals surface area contributed by atoms with Crippen LogP contribution < -0.4 is 24.8 Å². The Hall–Kier alpha value is 0.683. The minimum absolute atomic E-state index is 0. The average Bonchev–Trinajstić information content (AvgIpc) is 2.19. The van der Waals surface area contributed by atoms with Gasteiger partial charge in [-0.15, -0.1) is 0 Å². The Morgan fingerprint density at radius 2 is 1.70 bits per heavy atom. The van der Waals surface area contributed by atoms with Gasteiger partial charge in [-0.3, -0.25) is 0 Å². The summed E-state index contributed by atoms with van der Waals surface area (Å²) >= 11 is -0.255. The predicted molar refractivity (Wildman–Crippen MR) is 32.2 cm³/mol. The zero-order valence-electron chi connectivity index (χ0n) is 5.43. The summed E-state index contributed by atoms with van der Waals surface area (Å²) in [7, 11) is 0. The van der Waals surface area contributed by atoms with Gasteiger partial charge < -0.3 is 24.8 Å². The van der Waals surface area contributed by atoms with Gasteiger partial charge in [0.2, 0.25) is 0 Å². The normalized spacial score (nSPS) is 13.2. The Bertz CT molecular complexity index is 129. The van der Waals surface area contributed by atoms with Gasteiger partial charge in [0.25, 0.3) is 0 Å². The second-order valence-corrected chi connectivity index (χ2v) is 5.13. The van der Waals surface area contributed by atoms with Crippen LogP contribution in [0.2, 0.25) is 3.63 Å². The Morgan fingerprint density at radius 3 is 2.10 bits per heavy atom. The zero-order valence-corrected chi connectivity index (χ0v) is 9.40. The molecule has 0 nitrogen and oxygen atoms in total. The fourth-order valence-corrected chi connectivity index (χ4v) is 2.44. The maximum absolute atomic E-state index is 3.73. The van der Waals surface area contributed by atoms with Crippen molar-refractivity contribution in [3.8, 4) is 0 Å². The van der Waals surface area contributed by atoms with Gasteiger partial charge in [-0.25, -0.2) is 0 Å². The van der Waals surface area contributed by atoms with Crippen LogP contribution in [0.25, 0.3) is 0 Å². The zero-order chi connectivity index (χ0) is 5.82. The molecule has 1 rings (SSSR count). The molecule has 3 heteroatoms. The van der Waals surface area contributed by atoms with E-state index < -0.39 is 0 Å².